The maximum atomic E-state index is 12.8. The first-order chi connectivity index (χ1) is 8.81. The Morgan fingerprint density at radius 1 is 1.32 bits per heavy atom. The third kappa shape index (κ3) is 4.21. The van der Waals surface area contributed by atoms with Crippen molar-refractivity contribution in [2.24, 2.45) is 5.92 Å². The van der Waals surface area contributed by atoms with Gasteiger partial charge in [0, 0.05) is 10.5 Å². The van der Waals surface area contributed by atoms with E-state index in [1.807, 2.05) is 0 Å². The topological polar surface area (TPSA) is 12.0 Å². The van der Waals surface area contributed by atoms with Gasteiger partial charge in [0.1, 0.15) is 0 Å². The Kier molecular flexibility index (Phi) is 5.86. The zero-order valence-electron chi connectivity index (χ0n) is 11.3. The summed E-state index contributed by atoms with van der Waals surface area (Å²) in [5, 5.41) is 3.13. The Hall–Kier alpha value is -0.550. The molecule has 0 aromatic heterocycles. The van der Waals surface area contributed by atoms with Gasteiger partial charge in [-0.05, 0) is 43.1 Å². The molecule has 0 spiro atoms. The van der Waals surface area contributed by atoms with Crippen LogP contribution in [0.15, 0.2) is 22.7 Å². The minimum Gasteiger partial charge on any atom is -0.313 e. The van der Waals surface area contributed by atoms with Crippen LogP contribution in [0.5, 0.6) is 0 Å². The average Bonchev–Trinajstić information content (AvgIpc) is 2.31. The average molecular weight is 338 g/mol. The fraction of sp³-hybridized carbons (Fsp3) is 0.571. The molecule has 0 fully saturated rings. The van der Waals surface area contributed by atoms with E-state index in [2.05, 4.69) is 35.1 Å². The lowest BCUT2D eigenvalue weighted by molar-refractivity contribution is -0.137. The number of alkyl halides is 3. The molecule has 1 nitrogen and oxygen atoms in total. The van der Waals surface area contributed by atoms with Crippen LogP contribution in [0.1, 0.15) is 43.9 Å². The first kappa shape index (κ1) is 16.5. The Morgan fingerprint density at radius 2 is 1.95 bits per heavy atom. The molecular formula is C14H19BrF3N. The van der Waals surface area contributed by atoms with E-state index in [1.54, 1.807) is 7.05 Å². The summed E-state index contributed by atoms with van der Waals surface area (Å²) in [6, 6.07) is 3.72. The zero-order chi connectivity index (χ0) is 14.6. The smallest absolute Gasteiger partial charge is 0.313 e. The van der Waals surface area contributed by atoms with E-state index in [0.29, 0.717) is 10.0 Å². The van der Waals surface area contributed by atoms with Crippen molar-refractivity contribution in [2.45, 2.75) is 38.9 Å². The molecule has 0 aliphatic rings. The molecule has 1 aromatic rings. The molecule has 0 radical (unpaired) electrons. The van der Waals surface area contributed by atoms with E-state index in [-0.39, 0.29) is 12.0 Å². The highest BCUT2D eigenvalue weighted by Crippen LogP contribution is 2.36. The van der Waals surface area contributed by atoms with Gasteiger partial charge in [-0.15, -0.1) is 0 Å². The van der Waals surface area contributed by atoms with Crippen molar-refractivity contribution in [3.8, 4) is 0 Å². The highest BCUT2D eigenvalue weighted by Gasteiger charge is 2.32. The van der Waals surface area contributed by atoms with Crippen LogP contribution in [0.4, 0.5) is 13.2 Å². The predicted octanol–water partition coefficient (Wildman–Crippen LogP) is 5.16. The summed E-state index contributed by atoms with van der Waals surface area (Å²) in [6.45, 7) is 4.13. The van der Waals surface area contributed by atoms with Crippen LogP contribution in [-0.4, -0.2) is 7.05 Å². The van der Waals surface area contributed by atoms with E-state index in [1.165, 1.54) is 12.1 Å². The van der Waals surface area contributed by atoms with Crippen LogP contribution in [0.3, 0.4) is 0 Å². The molecule has 2 atom stereocenters. The van der Waals surface area contributed by atoms with Gasteiger partial charge in [-0.1, -0.05) is 36.2 Å². The first-order valence-electron chi connectivity index (χ1n) is 6.35. The molecule has 1 aromatic carbocycles. The van der Waals surface area contributed by atoms with Gasteiger partial charge in [-0.3, -0.25) is 0 Å². The van der Waals surface area contributed by atoms with Gasteiger partial charge in [0.25, 0.3) is 0 Å². The number of benzene rings is 1. The quantitative estimate of drug-likeness (QED) is 0.781. The highest BCUT2D eigenvalue weighted by molar-refractivity contribution is 9.10. The van der Waals surface area contributed by atoms with Gasteiger partial charge in [-0.25, -0.2) is 0 Å². The van der Waals surface area contributed by atoms with Crippen molar-refractivity contribution in [1.82, 2.24) is 5.32 Å². The number of nitrogens with one attached hydrogen (secondary N) is 1. The molecule has 5 heteroatoms. The highest BCUT2D eigenvalue weighted by atomic mass is 79.9. The van der Waals surface area contributed by atoms with Crippen LogP contribution in [0.2, 0.25) is 0 Å². The molecule has 1 N–H and O–H groups in total. The van der Waals surface area contributed by atoms with Crippen LogP contribution in [-0.2, 0) is 6.18 Å². The molecule has 0 aliphatic carbocycles. The molecule has 0 saturated heterocycles. The second kappa shape index (κ2) is 6.75. The third-order valence-corrected chi connectivity index (χ3v) is 4.00. The van der Waals surface area contributed by atoms with Gasteiger partial charge in [0.15, 0.2) is 0 Å². The maximum Gasteiger partial charge on any atom is 0.416 e. The molecule has 0 aliphatic heterocycles. The standard InChI is InChI=1S/C14H19BrF3N/c1-4-5-9(2)13(19-3)11-8-10(14(16,17)18)6-7-12(11)15/h6-9,13,19H,4-5H2,1-3H3. The van der Waals surface area contributed by atoms with Crippen molar-refractivity contribution < 1.29 is 13.2 Å². The molecule has 1 rings (SSSR count). The Balaban J connectivity index is 3.16. The van der Waals surface area contributed by atoms with Crippen molar-refractivity contribution in [3.63, 3.8) is 0 Å². The Labute approximate surface area is 120 Å². The minimum absolute atomic E-state index is 0.0865. The van der Waals surface area contributed by atoms with Crippen LogP contribution in [0, 0.1) is 5.92 Å². The molecule has 0 heterocycles. The lowest BCUT2D eigenvalue weighted by Crippen LogP contribution is -2.24. The molecule has 0 saturated carbocycles. The van der Waals surface area contributed by atoms with Crippen molar-refractivity contribution in [1.29, 1.82) is 0 Å². The van der Waals surface area contributed by atoms with Crippen LogP contribution >= 0.6 is 15.9 Å². The summed E-state index contributed by atoms with van der Waals surface area (Å²) < 4.78 is 39.1. The maximum absolute atomic E-state index is 12.8. The molecule has 0 bridgehead atoms. The minimum atomic E-state index is -4.30. The van der Waals surface area contributed by atoms with Gasteiger partial charge in [0.2, 0.25) is 0 Å². The molecule has 19 heavy (non-hydrogen) atoms. The van der Waals surface area contributed by atoms with E-state index in [4.69, 9.17) is 0 Å². The number of rotatable bonds is 5. The molecule has 108 valence electrons. The Morgan fingerprint density at radius 3 is 2.42 bits per heavy atom. The first-order valence-corrected chi connectivity index (χ1v) is 7.14. The number of hydrogen-bond donors (Lipinski definition) is 1. The summed E-state index contributed by atoms with van der Waals surface area (Å²) in [4.78, 5) is 0. The normalized spacial score (nSPS) is 15.3. The second-order valence-electron chi connectivity index (χ2n) is 4.77. The van der Waals surface area contributed by atoms with Crippen molar-refractivity contribution in [3.05, 3.63) is 33.8 Å². The molecular weight excluding hydrogens is 319 g/mol. The zero-order valence-corrected chi connectivity index (χ0v) is 12.9. The summed E-state index contributed by atoms with van der Waals surface area (Å²) >= 11 is 3.35. The van der Waals surface area contributed by atoms with Gasteiger partial charge >= 0.3 is 6.18 Å². The molecule has 0 amide bonds. The van der Waals surface area contributed by atoms with Gasteiger partial charge in [-0.2, -0.15) is 13.2 Å². The lowest BCUT2D eigenvalue weighted by Gasteiger charge is -2.25. The van der Waals surface area contributed by atoms with E-state index < -0.39 is 11.7 Å². The van der Waals surface area contributed by atoms with Crippen LogP contribution in [0.25, 0.3) is 0 Å². The number of hydrogen-bond acceptors (Lipinski definition) is 1. The lowest BCUT2D eigenvalue weighted by atomic mass is 9.90. The summed E-state index contributed by atoms with van der Waals surface area (Å²) in [5.41, 5.74) is 0.0629. The fourth-order valence-corrected chi connectivity index (χ4v) is 2.82. The summed E-state index contributed by atoms with van der Waals surface area (Å²) in [5.74, 6) is 0.273. The van der Waals surface area contributed by atoms with Gasteiger partial charge in [0.05, 0.1) is 5.56 Å². The van der Waals surface area contributed by atoms with E-state index in [0.717, 1.165) is 18.9 Å². The largest absolute Gasteiger partial charge is 0.416 e. The predicted molar refractivity (Wildman–Crippen MR) is 75.0 cm³/mol. The van der Waals surface area contributed by atoms with Gasteiger partial charge < -0.3 is 5.32 Å². The van der Waals surface area contributed by atoms with Crippen molar-refractivity contribution >= 4 is 15.9 Å². The Bertz CT molecular complexity index is 418. The summed E-state index contributed by atoms with van der Waals surface area (Å²) in [6.07, 6.45) is -2.33. The fourth-order valence-electron chi connectivity index (χ4n) is 2.33. The van der Waals surface area contributed by atoms with Crippen molar-refractivity contribution in [2.75, 3.05) is 7.05 Å². The summed E-state index contributed by atoms with van der Waals surface area (Å²) in [7, 11) is 1.78. The number of halogens is 4. The molecule has 2 unspecified atom stereocenters. The van der Waals surface area contributed by atoms with E-state index >= 15 is 0 Å². The van der Waals surface area contributed by atoms with E-state index in [9.17, 15) is 13.2 Å². The van der Waals surface area contributed by atoms with Crippen LogP contribution < -0.4 is 5.32 Å². The monoisotopic (exact) mass is 337 g/mol. The second-order valence-corrected chi connectivity index (χ2v) is 5.62. The third-order valence-electron chi connectivity index (χ3n) is 3.28. The SMILES string of the molecule is CCCC(C)C(NC)c1cc(C(F)(F)F)ccc1Br.